The summed E-state index contributed by atoms with van der Waals surface area (Å²) in [5, 5.41) is 0. The van der Waals surface area contributed by atoms with Crippen molar-refractivity contribution in [2.24, 2.45) is 5.92 Å². The summed E-state index contributed by atoms with van der Waals surface area (Å²) >= 11 is 0. The summed E-state index contributed by atoms with van der Waals surface area (Å²) in [6.07, 6.45) is 1.09. The first-order chi connectivity index (χ1) is 10.5. The van der Waals surface area contributed by atoms with Gasteiger partial charge in [0.25, 0.3) is 0 Å². The van der Waals surface area contributed by atoms with Crippen LogP contribution in [0.25, 0.3) is 0 Å². The lowest BCUT2D eigenvalue weighted by Gasteiger charge is -2.40. The monoisotopic (exact) mass is 302 g/mol. The molecule has 0 saturated carbocycles. The average Bonchev–Trinajstić information content (AvgIpc) is 2.52. The first-order valence-electron chi connectivity index (χ1n) is 8.10. The normalized spacial score (nSPS) is 21.8. The third kappa shape index (κ3) is 3.16. The van der Waals surface area contributed by atoms with E-state index in [0.29, 0.717) is 25.9 Å². The first kappa shape index (κ1) is 16.5. The molecule has 0 aliphatic carbocycles. The molecule has 1 aliphatic heterocycles. The van der Waals surface area contributed by atoms with E-state index < -0.39 is 0 Å². The number of carbonyl (C=O) groups excluding carboxylic acids is 2. The summed E-state index contributed by atoms with van der Waals surface area (Å²) in [5.74, 6) is 0.134. The third-order valence-electron chi connectivity index (χ3n) is 4.67. The molecule has 1 heterocycles. The highest BCUT2D eigenvalue weighted by atomic mass is 16.2. The number of piperidine rings is 1. The molecule has 0 spiro atoms. The molecule has 1 saturated heterocycles. The van der Waals surface area contributed by atoms with Crippen LogP contribution in [0.4, 0.5) is 0 Å². The third-order valence-corrected chi connectivity index (χ3v) is 4.67. The minimum atomic E-state index is -0.157. The number of benzene rings is 1. The van der Waals surface area contributed by atoms with E-state index in [1.165, 1.54) is 5.56 Å². The second-order valence-corrected chi connectivity index (χ2v) is 6.02. The molecule has 1 aromatic carbocycles. The molecule has 1 aromatic rings. The van der Waals surface area contributed by atoms with Crippen LogP contribution in [-0.4, -0.2) is 41.8 Å². The van der Waals surface area contributed by atoms with Crippen molar-refractivity contribution in [2.75, 3.05) is 20.1 Å². The first-order valence-corrected chi connectivity index (χ1v) is 8.10. The van der Waals surface area contributed by atoms with Gasteiger partial charge in [-0.2, -0.15) is 0 Å². The Labute approximate surface area is 133 Å². The molecular formula is C18H26N2O2. The lowest BCUT2D eigenvalue weighted by Crippen LogP contribution is -2.47. The van der Waals surface area contributed by atoms with Gasteiger partial charge in [-0.15, -0.1) is 0 Å². The standard InChI is InChI=1S/C18H26N2O2/c1-5-20(6-2)18(22)15-11-12-16(21)19(4)17(15)14-9-7-13(3)8-10-14/h7-10,15,17H,5-6,11-12H2,1-4H3/t15-,17+/m1/s1. The molecule has 22 heavy (non-hydrogen) atoms. The van der Waals surface area contributed by atoms with Crippen LogP contribution in [0.15, 0.2) is 24.3 Å². The topological polar surface area (TPSA) is 40.6 Å². The van der Waals surface area contributed by atoms with Crippen LogP contribution in [0.3, 0.4) is 0 Å². The summed E-state index contributed by atoms with van der Waals surface area (Å²) in [6, 6.07) is 8.01. The molecule has 4 nitrogen and oxygen atoms in total. The van der Waals surface area contributed by atoms with E-state index >= 15 is 0 Å². The minimum absolute atomic E-state index is 0.120. The van der Waals surface area contributed by atoms with Crippen LogP contribution in [0.5, 0.6) is 0 Å². The summed E-state index contributed by atoms with van der Waals surface area (Å²) < 4.78 is 0. The van der Waals surface area contributed by atoms with Crippen LogP contribution in [-0.2, 0) is 9.59 Å². The van der Waals surface area contributed by atoms with Crippen molar-refractivity contribution in [3.05, 3.63) is 35.4 Å². The van der Waals surface area contributed by atoms with Crippen molar-refractivity contribution in [3.63, 3.8) is 0 Å². The van der Waals surface area contributed by atoms with Crippen molar-refractivity contribution < 1.29 is 9.59 Å². The molecule has 0 bridgehead atoms. The molecule has 1 aliphatic rings. The van der Waals surface area contributed by atoms with E-state index in [0.717, 1.165) is 5.56 Å². The molecule has 0 N–H and O–H groups in total. The maximum absolute atomic E-state index is 12.9. The SMILES string of the molecule is CCN(CC)C(=O)[C@@H]1CCC(=O)N(C)[C@H]1c1ccc(C)cc1. The van der Waals surface area contributed by atoms with Gasteiger partial charge in [-0.25, -0.2) is 0 Å². The predicted octanol–water partition coefficient (Wildman–Crippen LogP) is 2.77. The molecule has 120 valence electrons. The highest BCUT2D eigenvalue weighted by Crippen LogP contribution is 2.36. The zero-order valence-corrected chi connectivity index (χ0v) is 14.0. The van der Waals surface area contributed by atoms with Gasteiger partial charge in [0.1, 0.15) is 0 Å². The summed E-state index contributed by atoms with van der Waals surface area (Å²) in [6.45, 7) is 7.46. The molecule has 2 amide bonds. The quantitative estimate of drug-likeness (QED) is 0.858. The summed E-state index contributed by atoms with van der Waals surface area (Å²) in [4.78, 5) is 28.6. The van der Waals surface area contributed by atoms with Crippen LogP contribution >= 0.6 is 0 Å². The number of amides is 2. The van der Waals surface area contributed by atoms with Gasteiger partial charge in [0.2, 0.25) is 11.8 Å². The van der Waals surface area contributed by atoms with Crippen molar-refractivity contribution in [3.8, 4) is 0 Å². The van der Waals surface area contributed by atoms with Gasteiger partial charge in [0, 0.05) is 26.6 Å². The summed E-state index contributed by atoms with van der Waals surface area (Å²) in [5.41, 5.74) is 2.23. The Morgan fingerprint density at radius 3 is 2.36 bits per heavy atom. The average molecular weight is 302 g/mol. The number of rotatable bonds is 4. The Bertz CT molecular complexity index is 535. The van der Waals surface area contributed by atoms with Gasteiger partial charge < -0.3 is 9.80 Å². The van der Waals surface area contributed by atoms with Gasteiger partial charge in [-0.3, -0.25) is 9.59 Å². The van der Waals surface area contributed by atoms with Crippen molar-refractivity contribution in [1.29, 1.82) is 0 Å². The Balaban J connectivity index is 2.35. The lowest BCUT2D eigenvalue weighted by atomic mass is 9.83. The fourth-order valence-electron chi connectivity index (χ4n) is 3.29. The number of carbonyl (C=O) groups is 2. The smallest absolute Gasteiger partial charge is 0.228 e. The largest absolute Gasteiger partial charge is 0.343 e. The predicted molar refractivity (Wildman–Crippen MR) is 87.3 cm³/mol. The second kappa shape index (κ2) is 6.95. The van der Waals surface area contributed by atoms with E-state index in [9.17, 15) is 9.59 Å². The van der Waals surface area contributed by atoms with Crippen LogP contribution < -0.4 is 0 Å². The van der Waals surface area contributed by atoms with Gasteiger partial charge in [-0.05, 0) is 32.8 Å². The molecule has 0 unspecified atom stereocenters. The highest BCUT2D eigenvalue weighted by Gasteiger charge is 2.39. The van der Waals surface area contributed by atoms with Crippen LogP contribution in [0, 0.1) is 12.8 Å². The van der Waals surface area contributed by atoms with Crippen molar-refractivity contribution in [1.82, 2.24) is 9.80 Å². The van der Waals surface area contributed by atoms with E-state index in [-0.39, 0.29) is 23.8 Å². The molecule has 0 radical (unpaired) electrons. The van der Waals surface area contributed by atoms with Gasteiger partial charge >= 0.3 is 0 Å². The van der Waals surface area contributed by atoms with Gasteiger partial charge in [-0.1, -0.05) is 29.8 Å². The maximum Gasteiger partial charge on any atom is 0.228 e. The molecular weight excluding hydrogens is 276 g/mol. The van der Waals surface area contributed by atoms with E-state index in [4.69, 9.17) is 0 Å². The van der Waals surface area contributed by atoms with Gasteiger partial charge in [0.15, 0.2) is 0 Å². The van der Waals surface area contributed by atoms with Gasteiger partial charge in [0.05, 0.1) is 12.0 Å². The van der Waals surface area contributed by atoms with Crippen LogP contribution in [0.2, 0.25) is 0 Å². The van der Waals surface area contributed by atoms with E-state index in [1.54, 1.807) is 4.90 Å². The fourth-order valence-corrected chi connectivity index (χ4v) is 3.29. The van der Waals surface area contributed by atoms with Crippen LogP contribution in [0.1, 0.15) is 43.9 Å². The zero-order chi connectivity index (χ0) is 16.3. The minimum Gasteiger partial charge on any atom is -0.343 e. The maximum atomic E-state index is 12.9. The van der Waals surface area contributed by atoms with E-state index in [2.05, 4.69) is 0 Å². The number of hydrogen-bond acceptors (Lipinski definition) is 2. The lowest BCUT2D eigenvalue weighted by molar-refractivity contribution is -0.146. The number of aryl methyl sites for hydroxylation is 1. The second-order valence-electron chi connectivity index (χ2n) is 6.02. The Morgan fingerprint density at radius 1 is 1.23 bits per heavy atom. The number of nitrogens with zero attached hydrogens (tertiary/aromatic N) is 2. The van der Waals surface area contributed by atoms with Crippen molar-refractivity contribution in [2.45, 2.75) is 39.7 Å². The summed E-state index contributed by atoms with van der Waals surface area (Å²) in [7, 11) is 1.81. The molecule has 2 rings (SSSR count). The van der Waals surface area contributed by atoms with E-state index in [1.807, 2.05) is 57.0 Å². The highest BCUT2D eigenvalue weighted by molar-refractivity contribution is 5.85. The number of hydrogen-bond donors (Lipinski definition) is 0. The fraction of sp³-hybridized carbons (Fsp3) is 0.556. The molecule has 2 atom stereocenters. The number of likely N-dealkylation sites (tertiary alicyclic amines) is 1. The zero-order valence-electron chi connectivity index (χ0n) is 14.0. The Morgan fingerprint density at radius 2 is 1.82 bits per heavy atom. The molecule has 4 heteroatoms. The molecule has 0 aromatic heterocycles. The van der Waals surface area contributed by atoms with Crippen molar-refractivity contribution >= 4 is 11.8 Å². The molecule has 1 fully saturated rings. The Kier molecular flexibility index (Phi) is 5.22. The Hall–Kier alpha value is -1.84.